The van der Waals surface area contributed by atoms with E-state index >= 15 is 0 Å². The maximum absolute atomic E-state index is 5.27. The Hall–Kier alpha value is -0.390. The summed E-state index contributed by atoms with van der Waals surface area (Å²) in [7, 11) is 1.70. The number of thiocarbonyl (C=S) groups is 1. The predicted octanol–water partition coefficient (Wildman–Crippen LogP) is 1.22. The lowest BCUT2D eigenvalue weighted by molar-refractivity contribution is 0.00205. The van der Waals surface area contributed by atoms with Gasteiger partial charge >= 0.3 is 0 Å². The molecule has 0 aliphatic carbocycles. The van der Waals surface area contributed by atoms with Crippen LogP contribution in [0.2, 0.25) is 0 Å². The molecule has 0 aromatic rings. The van der Waals surface area contributed by atoms with Crippen LogP contribution in [0.4, 0.5) is 0 Å². The number of hydrogen-bond acceptors (Lipinski definition) is 3. The summed E-state index contributed by atoms with van der Waals surface area (Å²) < 4.78 is 4.99. The van der Waals surface area contributed by atoms with Crippen LogP contribution >= 0.6 is 12.2 Å². The van der Waals surface area contributed by atoms with Crippen LogP contribution < -0.4 is 10.6 Å². The van der Waals surface area contributed by atoms with Gasteiger partial charge in [-0.3, -0.25) is 4.90 Å². The van der Waals surface area contributed by atoms with Gasteiger partial charge in [0.1, 0.15) is 0 Å². The van der Waals surface area contributed by atoms with E-state index in [2.05, 4.69) is 22.5 Å². The zero-order valence-electron chi connectivity index (χ0n) is 12.2. The van der Waals surface area contributed by atoms with Gasteiger partial charge in [0.15, 0.2) is 5.11 Å². The Morgan fingerprint density at radius 2 is 2.26 bits per heavy atom. The molecule has 5 heteroatoms. The number of fused-ring (bicyclic) bond motifs is 3. The molecule has 19 heavy (non-hydrogen) atoms. The van der Waals surface area contributed by atoms with Crippen LogP contribution in [-0.4, -0.2) is 55.9 Å². The van der Waals surface area contributed by atoms with Gasteiger partial charge < -0.3 is 15.4 Å². The molecule has 3 aliphatic heterocycles. The molecule has 0 aromatic carbocycles. The van der Waals surface area contributed by atoms with Crippen LogP contribution in [0.1, 0.15) is 26.2 Å². The Kier molecular flexibility index (Phi) is 5.85. The van der Waals surface area contributed by atoms with Crippen molar-refractivity contribution in [3.8, 4) is 0 Å². The van der Waals surface area contributed by atoms with Gasteiger partial charge in [0.05, 0.1) is 6.61 Å². The molecular formula is C14H27N3OS. The van der Waals surface area contributed by atoms with Crippen molar-refractivity contribution < 1.29 is 4.74 Å². The van der Waals surface area contributed by atoms with Crippen molar-refractivity contribution >= 4 is 17.3 Å². The van der Waals surface area contributed by atoms with Crippen LogP contribution in [0.3, 0.4) is 0 Å². The van der Waals surface area contributed by atoms with Gasteiger partial charge in [0.25, 0.3) is 0 Å². The third-order valence-electron chi connectivity index (χ3n) is 4.63. The standard InChI is InChI=1S/C14H27N3OS/c1-3-11-10-17-6-4-12(11)8-13(17)9-16-14(19)15-5-7-18-2/h11-13H,3-10H2,1-2H3,(H2,15,16,19)/t11-,12+,13+/m0/s1. The summed E-state index contributed by atoms with van der Waals surface area (Å²) in [6.07, 6.45) is 4.07. The molecule has 2 bridgehead atoms. The van der Waals surface area contributed by atoms with Gasteiger partial charge in [0, 0.05) is 32.8 Å². The molecule has 2 N–H and O–H groups in total. The molecule has 4 nitrogen and oxygen atoms in total. The number of rotatable bonds is 6. The number of nitrogens with one attached hydrogen (secondary N) is 2. The first-order chi connectivity index (χ1) is 9.24. The van der Waals surface area contributed by atoms with E-state index in [-0.39, 0.29) is 0 Å². The Morgan fingerprint density at radius 1 is 1.42 bits per heavy atom. The van der Waals surface area contributed by atoms with Crippen molar-refractivity contribution in [2.24, 2.45) is 11.8 Å². The van der Waals surface area contributed by atoms with Crippen molar-refractivity contribution in [1.82, 2.24) is 15.5 Å². The highest BCUT2D eigenvalue weighted by atomic mass is 32.1. The first-order valence-corrected chi connectivity index (χ1v) is 7.90. The van der Waals surface area contributed by atoms with E-state index in [9.17, 15) is 0 Å². The van der Waals surface area contributed by atoms with Crippen LogP contribution in [0.5, 0.6) is 0 Å². The van der Waals surface area contributed by atoms with E-state index in [0.29, 0.717) is 12.6 Å². The monoisotopic (exact) mass is 285 g/mol. The van der Waals surface area contributed by atoms with E-state index < -0.39 is 0 Å². The zero-order valence-corrected chi connectivity index (χ0v) is 13.0. The van der Waals surface area contributed by atoms with E-state index in [1.807, 2.05) is 0 Å². The average Bonchev–Trinajstić information content (AvgIpc) is 2.46. The van der Waals surface area contributed by atoms with Gasteiger partial charge in [-0.15, -0.1) is 0 Å². The molecule has 3 aliphatic rings. The quantitative estimate of drug-likeness (QED) is 0.567. The van der Waals surface area contributed by atoms with Crippen LogP contribution in [-0.2, 0) is 4.74 Å². The molecule has 3 fully saturated rings. The third-order valence-corrected chi connectivity index (χ3v) is 4.92. The maximum atomic E-state index is 5.27. The van der Waals surface area contributed by atoms with Gasteiger partial charge in [-0.1, -0.05) is 13.3 Å². The molecule has 110 valence electrons. The summed E-state index contributed by atoms with van der Waals surface area (Å²) in [6, 6.07) is 0.670. The summed E-state index contributed by atoms with van der Waals surface area (Å²) in [4.78, 5) is 2.65. The van der Waals surface area contributed by atoms with Gasteiger partial charge in [-0.25, -0.2) is 0 Å². The van der Waals surface area contributed by atoms with Crippen molar-refractivity contribution in [1.29, 1.82) is 0 Å². The molecule has 3 saturated heterocycles. The number of nitrogens with zero attached hydrogens (tertiary/aromatic N) is 1. The molecule has 3 heterocycles. The lowest BCUT2D eigenvalue weighted by atomic mass is 9.74. The number of piperidine rings is 3. The normalized spacial score (nSPS) is 33.2. The highest BCUT2D eigenvalue weighted by Gasteiger charge is 2.38. The van der Waals surface area contributed by atoms with Crippen LogP contribution in [0.25, 0.3) is 0 Å². The summed E-state index contributed by atoms with van der Waals surface area (Å²) in [6.45, 7) is 7.34. The van der Waals surface area contributed by atoms with E-state index in [1.165, 1.54) is 32.4 Å². The Labute approximate surface area is 122 Å². The fourth-order valence-corrected chi connectivity index (χ4v) is 3.65. The molecule has 0 radical (unpaired) electrons. The Morgan fingerprint density at radius 3 is 2.89 bits per heavy atom. The predicted molar refractivity (Wildman–Crippen MR) is 82.3 cm³/mol. The SMILES string of the molecule is CC[C@H]1CN2CC[C@@H]1C[C@@H]2CNC(=S)NCCOC. The molecule has 4 atom stereocenters. The lowest BCUT2D eigenvalue weighted by Crippen LogP contribution is -2.57. The Bertz CT molecular complexity index is 300. The van der Waals surface area contributed by atoms with Gasteiger partial charge in [-0.05, 0) is 43.4 Å². The van der Waals surface area contributed by atoms with E-state index in [4.69, 9.17) is 17.0 Å². The van der Waals surface area contributed by atoms with Crippen molar-refractivity contribution in [2.45, 2.75) is 32.2 Å². The molecule has 0 saturated carbocycles. The van der Waals surface area contributed by atoms with Crippen molar-refractivity contribution in [3.05, 3.63) is 0 Å². The maximum Gasteiger partial charge on any atom is 0.166 e. The highest BCUT2D eigenvalue weighted by Crippen LogP contribution is 2.37. The fourth-order valence-electron chi connectivity index (χ4n) is 3.46. The van der Waals surface area contributed by atoms with Crippen molar-refractivity contribution in [3.63, 3.8) is 0 Å². The minimum atomic E-state index is 0.670. The second-order valence-corrected chi connectivity index (χ2v) is 6.14. The molecule has 1 unspecified atom stereocenters. The van der Waals surface area contributed by atoms with Gasteiger partial charge in [-0.2, -0.15) is 0 Å². The molecule has 3 rings (SSSR count). The average molecular weight is 285 g/mol. The molecular weight excluding hydrogens is 258 g/mol. The van der Waals surface area contributed by atoms with Gasteiger partial charge in [0.2, 0.25) is 0 Å². The largest absolute Gasteiger partial charge is 0.383 e. The van der Waals surface area contributed by atoms with E-state index in [0.717, 1.165) is 30.0 Å². The minimum absolute atomic E-state index is 0.670. The summed E-state index contributed by atoms with van der Waals surface area (Å²) in [5, 5.41) is 7.27. The molecule has 0 spiro atoms. The molecule has 0 aromatic heterocycles. The van der Waals surface area contributed by atoms with Crippen LogP contribution in [0.15, 0.2) is 0 Å². The lowest BCUT2D eigenvalue weighted by Gasteiger charge is -2.50. The zero-order chi connectivity index (χ0) is 13.7. The number of hydrogen-bond donors (Lipinski definition) is 2. The van der Waals surface area contributed by atoms with Crippen molar-refractivity contribution in [2.75, 3.05) is 39.9 Å². The number of methoxy groups -OCH3 is 1. The molecule has 0 amide bonds. The van der Waals surface area contributed by atoms with Crippen LogP contribution in [0, 0.1) is 11.8 Å². The first-order valence-electron chi connectivity index (χ1n) is 7.49. The smallest absolute Gasteiger partial charge is 0.166 e. The summed E-state index contributed by atoms with van der Waals surface area (Å²) >= 11 is 5.27. The minimum Gasteiger partial charge on any atom is -0.383 e. The first kappa shape index (κ1) is 15.0. The Balaban J connectivity index is 1.68. The number of ether oxygens (including phenoxy) is 1. The fraction of sp³-hybridized carbons (Fsp3) is 0.929. The summed E-state index contributed by atoms with van der Waals surface area (Å²) in [5.41, 5.74) is 0. The summed E-state index contributed by atoms with van der Waals surface area (Å²) in [5.74, 6) is 1.87. The topological polar surface area (TPSA) is 36.5 Å². The highest BCUT2D eigenvalue weighted by molar-refractivity contribution is 7.80. The second kappa shape index (κ2) is 7.41. The van der Waals surface area contributed by atoms with E-state index in [1.54, 1.807) is 7.11 Å². The second-order valence-electron chi connectivity index (χ2n) is 5.73. The third kappa shape index (κ3) is 4.04.